The highest BCUT2D eigenvalue weighted by Crippen LogP contribution is 2.45. The monoisotopic (exact) mass is 503 g/mol. The van der Waals surface area contributed by atoms with E-state index in [9.17, 15) is 9.18 Å². The van der Waals surface area contributed by atoms with Gasteiger partial charge in [-0.15, -0.1) is 0 Å². The molecule has 184 valence electrons. The molecule has 2 aromatic heterocycles. The van der Waals surface area contributed by atoms with E-state index in [2.05, 4.69) is 10.1 Å². The van der Waals surface area contributed by atoms with Crippen molar-refractivity contribution in [1.29, 1.82) is 0 Å². The standard InChI is InChI=1S/C25H24ClF2N3O4/c26-18-2-1-3-19(27)21(18)22-17(23(35-30-22)15-4-5-15)13-34-14-25(28)8-10-31(11-9-25)16-6-7-20(24(32)33)29-12-16/h1-3,6-7,12,15H,4-5,8-11,13-14H2,(H,32,33). The van der Waals surface area contributed by atoms with E-state index in [1.165, 1.54) is 24.4 Å². The van der Waals surface area contributed by atoms with Crippen LogP contribution in [0.3, 0.4) is 0 Å². The number of hydrogen-bond acceptors (Lipinski definition) is 6. The molecule has 1 saturated heterocycles. The summed E-state index contributed by atoms with van der Waals surface area (Å²) in [6, 6.07) is 7.54. The number of anilines is 1. The van der Waals surface area contributed by atoms with Gasteiger partial charge in [-0.25, -0.2) is 18.6 Å². The summed E-state index contributed by atoms with van der Waals surface area (Å²) in [4.78, 5) is 16.9. The molecule has 1 aliphatic heterocycles. The Morgan fingerprint density at radius 2 is 2.03 bits per heavy atom. The first-order chi connectivity index (χ1) is 16.8. The Bertz CT molecular complexity index is 1200. The van der Waals surface area contributed by atoms with E-state index in [4.69, 9.17) is 26.0 Å². The quantitative estimate of drug-likeness (QED) is 0.426. The fraction of sp³-hybridized carbons (Fsp3) is 0.400. The van der Waals surface area contributed by atoms with Gasteiger partial charge in [0.2, 0.25) is 0 Å². The maximum Gasteiger partial charge on any atom is 0.354 e. The molecular formula is C25H24ClF2N3O4. The molecule has 3 heterocycles. The van der Waals surface area contributed by atoms with Crippen molar-refractivity contribution in [2.75, 3.05) is 24.6 Å². The highest BCUT2D eigenvalue weighted by atomic mass is 35.5. The molecule has 0 atom stereocenters. The fourth-order valence-electron chi connectivity index (χ4n) is 4.39. The molecule has 1 saturated carbocycles. The van der Waals surface area contributed by atoms with Crippen LogP contribution in [0, 0.1) is 5.82 Å². The minimum absolute atomic E-state index is 0.0330. The Balaban J connectivity index is 1.23. The lowest BCUT2D eigenvalue weighted by atomic mass is 9.94. The van der Waals surface area contributed by atoms with Crippen LogP contribution in [0.15, 0.2) is 41.1 Å². The van der Waals surface area contributed by atoms with E-state index in [-0.39, 0.29) is 48.3 Å². The summed E-state index contributed by atoms with van der Waals surface area (Å²) in [5.74, 6) is -0.730. The number of carbonyl (C=O) groups is 1. The number of ether oxygens (including phenoxy) is 1. The van der Waals surface area contributed by atoms with Gasteiger partial charge in [0.15, 0.2) is 0 Å². The molecule has 1 aliphatic carbocycles. The molecule has 7 nitrogen and oxygen atoms in total. The topological polar surface area (TPSA) is 88.7 Å². The summed E-state index contributed by atoms with van der Waals surface area (Å²) < 4.78 is 41.4. The van der Waals surface area contributed by atoms with Crippen molar-refractivity contribution in [2.45, 2.75) is 43.9 Å². The molecular weight excluding hydrogens is 480 g/mol. The molecule has 0 amide bonds. The second-order valence-corrected chi connectivity index (χ2v) is 9.49. The lowest BCUT2D eigenvalue weighted by Crippen LogP contribution is -2.44. The Hall–Kier alpha value is -3.04. The van der Waals surface area contributed by atoms with Gasteiger partial charge in [0.25, 0.3) is 0 Å². The van der Waals surface area contributed by atoms with Crippen molar-refractivity contribution in [3.05, 3.63) is 64.4 Å². The predicted octanol–water partition coefficient (Wildman–Crippen LogP) is 5.63. The number of alkyl halides is 1. The normalized spacial score (nSPS) is 17.5. The van der Waals surface area contributed by atoms with Crippen molar-refractivity contribution in [1.82, 2.24) is 10.1 Å². The van der Waals surface area contributed by atoms with Crippen LogP contribution in [0.25, 0.3) is 11.3 Å². The summed E-state index contributed by atoms with van der Waals surface area (Å²) >= 11 is 6.25. The second kappa shape index (κ2) is 9.54. The number of pyridine rings is 1. The predicted molar refractivity (Wildman–Crippen MR) is 125 cm³/mol. The minimum Gasteiger partial charge on any atom is -0.477 e. The average molecular weight is 504 g/mol. The molecule has 0 unspecified atom stereocenters. The van der Waals surface area contributed by atoms with Crippen LogP contribution in [-0.2, 0) is 11.3 Å². The van der Waals surface area contributed by atoms with Crippen LogP contribution in [0.5, 0.6) is 0 Å². The molecule has 2 aliphatic rings. The van der Waals surface area contributed by atoms with Crippen LogP contribution < -0.4 is 4.90 Å². The van der Waals surface area contributed by atoms with Gasteiger partial charge in [-0.3, -0.25) is 0 Å². The van der Waals surface area contributed by atoms with Gasteiger partial charge < -0.3 is 19.3 Å². The number of rotatable bonds is 8. The van der Waals surface area contributed by atoms with Crippen LogP contribution in [0.4, 0.5) is 14.5 Å². The number of carboxylic acids is 1. The van der Waals surface area contributed by atoms with Crippen molar-refractivity contribution in [3.63, 3.8) is 0 Å². The molecule has 10 heteroatoms. The third-order valence-electron chi connectivity index (χ3n) is 6.57. The van der Waals surface area contributed by atoms with Gasteiger partial charge >= 0.3 is 5.97 Å². The Kier molecular flexibility index (Phi) is 6.46. The summed E-state index contributed by atoms with van der Waals surface area (Å²) in [6.45, 7) is 0.831. The Labute approximate surface area is 205 Å². The third kappa shape index (κ3) is 5.01. The SMILES string of the molecule is O=C(O)c1ccc(N2CCC(F)(COCc3c(-c4c(F)cccc4Cl)noc3C3CC3)CC2)cn1. The Morgan fingerprint density at radius 3 is 2.66 bits per heavy atom. The molecule has 5 rings (SSSR count). The van der Waals surface area contributed by atoms with E-state index in [0.29, 0.717) is 30.1 Å². The Morgan fingerprint density at radius 1 is 1.26 bits per heavy atom. The number of carboxylic acid groups (broad SMARTS) is 1. The maximum absolute atomic E-state index is 15.5. The molecule has 1 N–H and O–H groups in total. The summed E-state index contributed by atoms with van der Waals surface area (Å²) in [6.07, 6.45) is 3.90. The smallest absolute Gasteiger partial charge is 0.354 e. The van der Waals surface area contributed by atoms with Crippen molar-refractivity contribution >= 4 is 23.3 Å². The molecule has 0 bridgehead atoms. The molecule has 0 spiro atoms. The van der Waals surface area contributed by atoms with Crippen LogP contribution in [-0.4, -0.2) is 46.6 Å². The molecule has 1 aromatic carbocycles. The number of hydrogen-bond donors (Lipinski definition) is 1. The van der Waals surface area contributed by atoms with Gasteiger partial charge in [-0.05, 0) is 37.1 Å². The largest absolute Gasteiger partial charge is 0.477 e. The van der Waals surface area contributed by atoms with Crippen molar-refractivity contribution in [3.8, 4) is 11.3 Å². The first kappa shape index (κ1) is 23.7. The zero-order chi connectivity index (χ0) is 24.6. The highest BCUT2D eigenvalue weighted by Gasteiger charge is 2.37. The maximum atomic E-state index is 15.5. The van der Waals surface area contributed by atoms with E-state index in [1.54, 1.807) is 12.1 Å². The van der Waals surface area contributed by atoms with Crippen molar-refractivity contribution in [2.24, 2.45) is 0 Å². The lowest BCUT2D eigenvalue weighted by molar-refractivity contribution is -0.00757. The zero-order valence-electron chi connectivity index (χ0n) is 18.8. The van der Waals surface area contributed by atoms with Crippen LogP contribution >= 0.6 is 11.6 Å². The van der Waals surface area contributed by atoms with Crippen LogP contribution in [0.2, 0.25) is 5.02 Å². The fourth-order valence-corrected chi connectivity index (χ4v) is 4.65. The molecule has 3 aromatic rings. The van der Waals surface area contributed by atoms with Gasteiger partial charge in [0, 0.05) is 37.4 Å². The van der Waals surface area contributed by atoms with Gasteiger partial charge in [0.05, 0.1) is 35.7 Å². The number of halogens is 3. The summed E-state index contributed by atoms with van der Waals surface area (Å²) in [5, 5.41) is 13.3. The average Bonchev–Trinajstić information content (AvgIpc) is 3.61. The molecule has 0 radical (unpaired) electrons. The van der Waals surface area contributed by atoms with Crippen molar-refractivity contribution < 1.29 is 27.9 Å². The summed E-state index contributed by atoms with van der Waals surface area (Å²) in [7, 11) is 0. The lowest BCUT2D eigenvalue weighted by Gasteiger charge is -2.37. The number of aromatic carboxylic acids is 1. The van der Waals surface area contributed by atoms with E-state index < -0.39 is 17.5 Å². The number of piperidine rings is 1. The molecule has 2 fully saturated rings. The van der Waals surface area contributed by atoms with Crippen LogP contribution in [0.1, 0.15) is 53.4 Å². The number of benzene rings is 1. The van der Waals surface area contributed by atoms with Gasteiger partial charge in [-0.2, -0.15) is 0 Å². The third-order valence-corrected chi connectivity index (χ3v) is 6.88. The number of nitrogens with zero attached hydrogens (tertiary/aromatic N) is 3. The van der Waals surface area contributed by atoms with E-state index in [0.717, 1.165) is 18.5 Å². The minimum atomic E-state index is -1.52. The zero-order valence-corrected chi connectivity index (χ0v) is 19.6. The first-order valence-corrected chi connectivity index (χ1v) is 11.9. The second-order valence-electron chi connectivity index (χ2n) is 9.08. The van der Waals surface area contributed by atoms with Gasteiger partial charge in [0.1, 0.15) is 28.6 Å². The van der Waals surface area contributed by atoms with E-state index >= 15 is 4.39 Å². The summed E-state index contributed by atoms with van der Waals surface area (Å²) in [5.41, 5.74) is 0.282. The van der Waals surface area contributed by atoms with Gasteiger partial charge in [-0.1, -0.05) is 22.8 Å². The number of aromatic nitrogens is 2. The molecule has 35 heavy (non-hydrogen) atoms. The van der Waals surface area contributed by atoms with E-state index in [1.807, 2.05) is 4.90 Å². The highest BCUT2D eigenvalue weighted by molar-refractivity contribution is 6.33. The first-order valence-electron chi connectivity index (χ1n) is 11.5.